The maximum atomic E-state index is 2.34. The van der Waals surface area contributed by atoms with E-state index >= 15 is 0 Å². The predicted molar refractivity (Wildman–Crippen MR) is 94.1 cm³/mol. The van der Waals surface area contributed by atoms with Gasteiger partial charge in [0.25, 0.3) is 0 Å². The molecule has 1 heterocycles. The Morgan fingerprint density at radius 1 is 0.864 bits per heavy atom. The monoisotopic (exact) mass is 290 g/mol. The van der Waals surface area contributed by atoms with E-state index in [2.05, 4.69) is 87.8 Å². The topological polar surface area (TPSA) is 3.88 Å². The molecule has 22 heavy (non-hydrogen) atoms. The Morgan fingerprint density at radius 2 is 1.59 bits per heavy atom. The molecule has 2 aromatic carbocycles. The van der Waals surface area contributed by atoms with Gasteiger partial charge in [-0.3, -0.25) is 0 Å². The van der Waals surface area contributed by atoms with Crippen molar-refractivity contribution in [3.8, 4) is 11.3 Å². The fraction of sp³-hybridized carbons (Fsp3) is 0.286. The van der Waals surface area contributed by atoms with Crippen LogP contribution in [0.2, 0.25) is 0 Å². The highest BCUT2D eigenvalue weighted by Crippen LogP contribution is 2.27. The number of rotatable bonds is 2. The minimum absolute atomic E-state index is 0.548. The normalized spacial score (nSPS) is 11.4. The van der Waals surface area contributed by atoms with Gasteiger partial charge in [-0.2, -0.15) is 4.57 Å². The summed E-state index contributed by atoms with van der Waals surface area (Å²) in [6, 6.07) is 17.9. The van der Waals surface area contributed by atoms with E-state index in [0.717, 1.165) is 0 Å². The third-order valence-electron chi connectivity index (χ3n) is 4.53. The molecule has 0 aliphatic carbocycles. The van der Waals surface area contributed by atoms with Crippen molar-refractivity contribution in [2.75, 3.05) is 0 Å². The molecule has 1 heteroatoms. The molecule has 3 aromatic rings. The Morgan fingerprint density at radius 3 is 2.32 bits per heavy atom. The molecule has 0 spiro atoms. The van der Waals surface area contributed by atoms with Crippen LogP contribution in [0.1, 0.15) is 36.5 Å². The van der Waals surface area contributed by atoms with Gasteiger partial charge in [-0.25, -0.2) is 0 Å². The van der Waals surface area contributed by atoms with Crippen LogP contribution in [0.15, 0.2) is 48.5 Å². The minimum atomic E-state index is 0.548. The molecule has 3 rings (SSSR count). The number of aromatic nitrogens is 1. The van der Waals surface area contributed by atoms with Crippen LogP contribution in [0.5, 0.6) is 0 Å². The van der Waals surface area contributed by atoms with E-state index in [1.807, 2.05) is 0 Å². The maximum absolute atomic E-state index is 2.34. The van der Waals surface area contributed by atoms with E-state index in [9.17, 15) is 0 Å². The van der Waals surface area contributed by atoms with Gasteiger partial charge in [0.05, 0.1) is 0 Å². The van der Waals surface area contributed by atoms with Crippen LogP contribution in [-0.4, -0.2) is 0 Å². The Hall–Kier alpha value is -2.15. The summed E-state index contributed by atoms with van der Waals surface area (Å²) in [5.74, 6) is 0.548. The van der Waals surface area contributed by atoms with Crippen LogP contribution in [0.3, 0.4) is 0 Å². The third kappa shape index (κ3) is 2.52. The molecule has 1 aromatic heterocycles. The lowest BCUT2D eigenvalue weighted by Crippen LogP contribution is -2.32. The summed E-state index contributed by atoms with van der Waals surface area (Å²) >= 11 is 0. The quantitative estimate of drug-likeness (QED) is 0.580. The molecule has 0 bridgehead atoms. The molecule has 0 aliphatic heterocycles. The van der Waals surface area contributed by atoms with Crippen LogP contribution in [0.4, 0.5) is 0 Å². The van der Waals surface area contributed by atoms with Gasteiger partial charge >= 0.3 is 0 Å². The molecule has 112 valence electrons. The zero-order chi connectivity index (χ0) is 15.9. The van der Waals surface area contributed by atoms with E-state index in [1.165, 1.54) is 38.9 Å². The first-order chi connectivity index (χ1) is 10.5. The molecule has 0 unspecified atom stereocenters. The van der Waals surface area contributed by atoms with Gasteiger partial charge in [0.15, 0.2) is 0 Å². The minimum Gasteiger partial charge on any atom is -0.194 e. The fourth-order valence-electron chi connectivity index (χ4n) is 3.04. The molecular weight excluding hydrogens is 266 g/mol. The lowest BCUT2D eigenvalue weighted by molar-refractivity contribution is -0.633. The Labute approximate surface area is 133 Å². The van der Waals surface area contributed by atoms with Gasteiger partial charge in [-0.05, 0) is 54.7 Å². The standard InChI is InChI=1S/C21H24N/c1-14(2)18-9-7-16(4)19(13-18)20-11-10-17-8-6-15(3)12-21(17)22(20)5/h6-14H,1-5H3/q+1. The molecule has 0 N–H and O–H groups in total. The van der Waals surface area contributed by atoms with Crippen molar-refractivity contribution >= 4 is 10.9 Å². The summed E-state index contributed by atoms with van der Waals surface area (Å²) < 4.78 is 2.31. The third-order valence-corrected chi connectivity index (χ3v) is 4.53. The highest BCUT2D eigenvalue weighted by Gasteiger charge is 2.16. The van der Waals surface area contributed by atoms with Crippen LogP contribution in [0.25, 0.3) is 22.2 Å². The summed E-state index contributed by atoms with van der Waals surface area (Å²) in [5.41, 5.74) is 7.91. The number of fused-ring (bicyclic) bond motifs is 1. The number of pyridine rings is 1. The van der Waals surface area contributed by atoms with Crippen molar-refractivity contribution in [2.24, 2.45) is 7.05 Å². The lowest BCUT2D eigenvalue weighted by atomic mass is 9.95. The van der Waals surface area contributed by atoms with Gasteiger partial charge in [0, 0.05) is 23.1 Å². The highest BCUT2D eigenvalue weighted by atomic mass is 14.9. The summed E-state index contributed by atoms with van der Waals surface area (Å²) in [6.45, 7) is 8.84. The summed E-state index contributed by atoms with van der Waals surface area (Å²) in [5, 5.41) is 1.29. The Balaban J connectivity index is 2.26. The number of benzene rings is 2. The van der Waals surface area contributed by atoms with E-state index < -0.39 is 0 Å². The average molecular weight is 290 g/mol. The number of aryl methyl sites for hydroxylation is 3. The first-order valence-electron chi connectivity index (χ1n) is 7.97. The van der Waals surface area contributed by atoms with Crippen LogP contribution in [0, 0.1) is 13.8 Å². The van der Waals surface area contributed by atoms with Gasteiger partial charge < -0.3 is 0 Å². The molecule has 0 atom stereocenters. The van der Waals surface area contributed by atoms with Crippen molar-refractivity contribution in [2.45, 2.75) is 33.6 Å². The van der Waals surface area contributed by atoms with Gasteiger partial charge in [0.2, 0.25) is 11.2 Å². The largest absolute Gasteiger partial charge is 0.213 e. The summed E-state index contributed by atoms with van der Waals surface area (Å²) in [7, 11) is 2.17. The first-order valence-corrected chi connectivity index (χ1v) is 7.97. The van der Waals surface area contributed by atoms with E-state index in [4.69, 9.17) is 0 Å². The Kier molecular flexibility index (Phi) is 3.74. The van der Waals surface area contributed by atoms with Gasteiger partial charge in [-0.1, -0.05) is 32.0 Å². The molecular formula is C21H24N+. The predicted octanol–water partition coefficient (Wildman–Crippen LogP) is 5.07. The maximum Gasteiger partial charge on any atom is 0.213 e. The highest BCUT2D eigenvalue weighted by molar-refractivity contribution is 5.78. The fourth-order valence-corrected chi connectivity index (χ4v) is 3.04. The van der Waals surface area contributed by atoms with Crippen molar-refractivity contribution in [3.63, 3.8) is 0 Å². The average Bonchev–Trinajstić information content (AvgIpc) is 2.49. The zero-order valence-electron chi connectivity index (χ0n) is 14.1. The van der Waals surface area contributed by atoms with Crippen LogP contribution in [-0.2, 0) is 7.05 Å². The van der Waals surface area contributed by atoms with E-state index in [-0.39, 0.29) is 0 Å². The van der Waals surface area contributed by atoms with Crippen molar-refractivity contribution in [3.05, 3.63) is 65.2 Å². The van der Waals surface area contributed by atoms with E-state index in [1.54, 1.807) is 0 Å². The lowest BCUT2D eigenvalue weighted by Gasteiger charge is -2.11. The zero-order valence-corrected chi connectivity index (χ0v) is 14.1. The molecule has 0 radical (unpaired) electrons. The van der Waals surface area contributed by atoms with Crippen LogP contribution >= 0.6 is 0 Å². The van der Waals surface area contributed by atoms with Crippen molar-refractivity contribution in [1.82, 2.24) is 0 Å². The first kappa shape index (κ1) is 14.8. The second-order valence-corrected chi connectivity index (χ2v) is 6.57. The second kappa shape index (κ2) is 5.57. The molecule has 1 nitrogen and oxygen atoms in total. The van der Waals surface area contributed by atoms with Crippen molar-refractivity contribution in [1.29, 1.82) is 0 Å². The number of hydrogen-bond donors (Lipinski definition) is 0. The van der Waals surface area contributed by atoms with E-state index in [0.29, 0.717) is 5.92 Å². The molecule has 0 aliphatic rings. The van der Waals surface area contributed by atoms with Crippen LogP contribution < -0.4 is 4.57 Å². The number of hydrogen-bond acceptors (Lipinski definition) is 0. The summed E-state index contributed by atoms with van der Waals surface area (Å²) in [4.78, 5) is 0. The molecule has 0 amide bonds. The molecule has 0 saturated carbocycles. The van der Waals surface area contributed by atoms with Gasteiger partial charge in [-0.15, -0.1) is 0 Å². The number of nitrogens with zero attached hydrogens (tertiary/aromatic N) is 1. The molecule has 0 saturated heterocycles. The molecule has 0 fully saturated rings. The van der Waals surface area contributed by atoms with Gasteiger partial charge in [0.1, 0.15) is 7.05 Å². The SMILES string of the molecule is Cc1ccc2ccc(-c3cc(C(C)C)ccc3C)[n+](C)c2c1. The Bertz CT molecular complexity index is 844. The smallest absolute Gasteiger partial charge is 0.194 e. The second-order valence-electron chi connectivity index (χ2n) is 6.57. The summed E-state index contributed by atoms with van der Waals surface area (Å²) in [6.07, 6.45) is 0. The van der Waals surface area contributed by atoms with Crippen molar-refractivity contribution < 1.29 is 4.57 Å².